The zero-order valence-corrected chi connectivity index (χ0v) is 12.3. The number of ether oxygens (including phenoxy) is 1. The Hall–Kier alpha value is -1.62. The number of hydrogen-bond acceptors (Lipinski definition) is 4. The predicted octanol–water partition coefficient (Wildman–Crippen LogP) is 2.88. The maximum Gasteiger partial charge on any atom is 0.335 e. The number of hydrogen-bond donors (Lipinski definition) is 2. The van der Waals surface area contributed by atoms with E-state index in [-0.39, 0.29) is 17.0 Å². The second-order valence-corrected chi connectivity index (χ2v) is 5.97. The Kier molecular flexibility index (Phi) is 4.28. The minimum absolute atomic E-state index is 0.184. The van der Waals surface area contributed by atoms with E-state index in [0.29, 0.717) is 12.4 Å². The fraction of sp³-hybridized carbons (Fsp3) is 0.600. The number of rotatable bonds is 4. The lowest BCUT2D eigenvalue weighted by molar-refractivity contribution is 0.0538. The number of aromatic nitrogens is 1. The number of anilines is 1. The van der Waals surface area contributed by atoms with Gasteiger partial charge in [-0.2, -0.15) is 0 Å². The Morgan fingerprint density at radius 2 is 2.25 bits per heavy atom. The van der Waals surface area contributed by atoms with Gasteiger partial charge in [-0.1, -0.05) is 13.8 Å². The van der Waals surface area contributed by atoms with Gasteiger partial charge in [-0.05, 0) is 37.8 Å². The lowest BCUT2D eigenvalue weighted by atomic mass is 9.95. The van der Waals surface area contributed by atoms with Crippen LogP contribution in [0.5, 0.6) is 0 Å². The van der Waals surface area contributed by atoms with Crippen molar-refractivity contribution in [2.45, 2.75) is 45.1 Å². The summed E-state index contributed by atoms with van der Waals surface area (Å²) >= 11 is 0. The van der Waals surface area contributed by atoms with Crippen molar-refractivity contribution in [1.82, 2.24) is 4.98 Å². The van der Waals surface area contributed by atoms with Crippen LogP contribution in [0.15, 0.2) is 12.1 Å². The van der Waals surface area contributed by atoms with Crippen molar-refractivity contribution >= 4 is 11.8 Å². The maximum absolute atomic E-state index is 11.2. The molecule has 1 unspecified atom stereocenters. The predicted molar refractivity (Wildman–Crippen MR) is 77.4 cm³/mol. The minimum Gasteiger partial charge on any atom is -0.478 e. The number of aromatic carboxylic acids is 1. The molecule has 0 aliphatic carbocycles. The van der Waals surface area contributed by atoms with Crippen LogP contribution >= 0.6 is 0 Å². The van der Waals surface area contributed by atoms with Crippen molar-refractivity contribution in [3.63, 3.8) is 0 Å². The van der Waals surface area contributed by atoms with E-state index in [1.807, 2.05) is 13.8 Å². The molecule has 20 heavy (non-hydrogen) atoms. The molecule has 2 N–H and O–H groups in total. The first-order valence-electron chi connectivity index (χ1n) is 7.01. The van der Waals surface area contributed by atoms with E-state index in [0.717, 1.165) is 25.1 Å². The van der Waals surface area contributed by atoms with Crippen LogP contribution in [-0.4, -0.2) is 34.8 Å². The van der Waals surface area contributed by atoms with Gasteiger partial charge in [-0.3, -0.25) is 0 Å². The second kappa shape index (κ2) is 5.79. The molecular weight excluding hydrogens is 256 g/mol. The highest BCUT2D eigenvalue weighted by Crippen LogP contribution is 2.25. The van der Waals surface area contributed by atoms with Crippen LogP contribution in [0.1, 0.15) is 55.6 Å². The molecule has 2 heterocycles. The molecule has 0 bridgehead atoms. The summed E-state index contributed by atoms with van der Waals surface area (Å²) in [6, 6.07) is 3.23. The van der Waals surface area contributed by atoms with Crippen molar-refractivity contribution in [2.24, 2.45) is 0 Å². The van der Waals surface area contributed by atoms with Gasteiger partial charge in [0.15, 0.2) is 0 Å². The molecule has 5 nitrogen and oxygen atoms in total. The molecule has 2 rings (SSSR count). The third kappa shape index (κ3) is 3.48. The minimum atomic E-state index is -0.928. The molecule has 110 valence electrons. The molecule has 1 aromatic heterocycles. The molecule has 1 saturated heterocycles. The Morgan fingerprint density at radius 1 is 1.50 bits per heavy atom. The van der Waals surface area contributed by atoms with Gasteiger partial charge in [0.25, 0.3) is 0 Å². The summed E-state index contributed by atoms with van der Waals surface area (Å²) < 4.78 is 5.51. The molecule has 1 fully saturated rings. The Balaban J connectivity index is 2.28. The summed E-state index contributed by atoms with van der Waals surface area (Å²) in [6.07, 6.45) is 1.99. The van der Waals surface area contributed by atoms with E-state index in [9.17, 15) is 9.90 Å². The topological polar surface area (TPSA) is 71.5 Å². The Bertz CT molecular complexity index is 494. The average Bonchev–Trinajstić information content (AvgIpc) is 2.38. The van der Waals surface area contributed by atoms with Crippen LogP contribution in [0, 0.1) is 0 Å². The van der Waals surface area contributed by atoms with Crippen molar-refractivity contribution in [3.05, 3.63) is 23.4 Å². The van der Waals surface area contributed by atoms with Crippen molar-refractivity contribution in [2.75, 3.05) is 18.5 Å². The SMILES string of the molecule is CC(C)c1cc(C(=O)O)cc(NC2(C)CCCOC2)n1. The number of carboxylic acids is 1. The van der Waals surface area contributed by atoms with Gasteiger partial charge in [-0.25, -0.2) is 9.78 Å². The van der Waals surface area contributed by atoms with Gasteiger partial charge in [0, 0.05) is 12.3 Å². The van der Waals surface area contributed by atoms with Crippen molar-refractivity contribution < 1.29 is 14.6 Å². The van der Waals surface area contributed by atoms with Crippen LogP contribution in [0.25, 0.3) is 0 Å². The molecule has 1 aromatic rings. The number of carbonyl (C=O) groups is 1. The smallest absolute Gasteiger partial charge is 0.335 e. The quantitative estimate of drug-likeness (QED) is 0.886. The fourth-order valence-electron chi connectivity index (χ4n) is 2.38. The van der Waals surface area contributed by atoms with E-state index >= 15 is 0 Å². The van der Waals surface area contributed by atoms with Crippen LogP contribution in [-0.2, 0) is 4.74 Å². The second-order valence-electron chi connectivity index (χ2n) is 5.97. The van der Waals surface area contributed by atoms with Gasteiger partial charge in [0.05, 0.1) is 17.7 Å². The molecule has 0 amide bonds. The molecule has 1 atom stereocenters. The average molecular weight is 278 g/mol. The molecule has 1 aliphatic rings. The number of carboxylic acid groups (broad SMARTS) is 1. The van der Waals surface area contributed by atoms with Crippen LogP contribution in [0.3, 0.4) is 0 Å². The lowest BCUT2D eigenvalue weighted by Gasteiger charge is -2.35. The first-order chi connectivity index (χ1) is 9.39. The third-order valence-electron chi connectivity index (χ3n) is 3.55. The number of pyridine rings is 1. The maximum atomic E-state index is 11.2. The molecule has 5 heteroatoms. The Labute approximate surface area is 119 Å². The standard InChI is InChI=1S/C15H22N2O3/c1-10(2)12-7-11(14(18)19)8-13(16-12)17-15(3)5-4-6-20-9-15/h7-8,10H,4-6,9H2,1-3H3,(H,16,17)(H,18,19). The van der Waals surface area contributed by atoms with Crippen LogP contribution < -0.4 is 5.32 Å². The van der Waals surface area contributed by atoms with E-state index in [2.05, 4.69) is 17.2 Å². The molecule has 0 saturated carbocycles. The number of nitrogens with one attached hydrogen (secondary N) is 1. The summed E-state index contributed by atoms with van der Waals surface area (Å²) in [6.45, 7) is 7.49. The zero-order chi connectivity index (χ0) is 14.8. The third-order valence-corrected chi connectivity index (χ3v) is 3.55. The monoisotopic (exact) mass is 278 g/mol. The molecule has 0 spiro atoms. The van der Waals surface area contributed by atoms with Crippen LogP contribution in [0.2, 0.25) is 0 Å². The van der Waals surface area contributed by atoms with E-state index < -0.39 is 5.97 Å². The van der Waals surface area contributed by atoms with E-state index in [1.165, 1.54) is 0 Å². The highest BCUT2D eigenvalue weighted by Gasteiger charge is 2.28. The molecule has 0 aromatic carbocycles. The summed E-state index contributed by atoms with van der Waals surface area (Å²) in [5.41, 5.74) is 0.871. The van der Waals surface area contributed by atoms with Gasteiger partial charge in [-0.15, -0.1) is 0 Å². The normalized spacial score (nSPS) is 22.8. The van der Waals surface area contributed by atoms with Gasteiger partial charge >= 0.3 is 5.97 Å². The summed E-state index contributed by atoms with van der Waals surface area (Å²) in [4.78, 5) is 15.7. The summed E-state index contributed by atoms with van der Waals surface area (Å²) in [7, 11) is 0. The lowest BCUT2D eigenvalue weighted by Crippen LogP contribution is -2.43. The van der Waals surface area contributed by atoms with Crippen molar-refractivity contribution in [3.8, 4) is 0 Å². The van der Waals surface area contributed by atoms with Crippen molar-refractivity contribution in [1.29, 1.82) is 0 Å². The molecule has 1 aliphatic heterocycles. The summed E-state index contributed by atoms with van der Waals surface area (Å²) in [5.74, 6) is -0.130. The van der Waals surface area contributed by atoms with Gasteiger partial charge < -0.3 is 15.2 Å². The van der Waals surface area contributed by atoms with E-state index in [1.54, 1.807) is 12.1 Å². The fourth-order valence-corrected chi connectivity index (χ4v) is 2.38. The Morgan fingerprint density at radius 3 is 2.80 bits per heavy atom. The first-order valence-corrected chi connectivity index (χ1v) is 7.01. The largest absolute Gasteiger partial charge is 0.478 e. The van der Waals surface area contributed by atoms with E-state index in [4.69, 9.17) is 4.74 Å². The zero-order valence-electron chi connectivity index (χ0n) is 12.3. The summed E-state index contributed by atoms with van der Waals surface area (Å²) in [5, 5.41) is 12.6. The highest BCUT2D eigenvalue weighted by atomic mass is 16.5. The van der Waals surface area contributed by atoms with Gasteiger partial charge in [0.2, 0.25) is 0 Å². The highest BCUT2D eigenvalue weighted by molar-refractivity contribution is 5.88. The molecule has 0 radical (unpaired) electrons. The number of nitrogens with zero attached hydrogens (tertiary/aromatic N) is 1. The van der Waals surface area contributed by atoms with Crippen LogP contribution in [0.4, 0.5) is 5.82 Å². The molecular formula is C15H22N2O3. The van der Waals surface area contributed by atoms with Gasteiger partial charge in [0.1, 0.15) is 5.82 Å². The first kappa shape index (κ1) is 14.8.